The molecule has 0 fully saturated rings. The molecule has 3 N–H and O–H groups in total. The molecule has 0 aliphatic carbocycles. The maximum Gasteiger partial charge on any atom is 0.205 e. The normalized spacial score (nSPS) is 11.5. The van der Waals surface area contributed by atoms with Gasteiger partial charge in [-0.3, -0.25) is 4.57 Å². The van der Waals surface area contributed by atoms with Gasteiger partial charge in [-0.2, -0.15) is 0 Å². The third-order valence-electron chi connectivity index (χ3n) is 2.88. The number of anilines is 1. The van der Waals surface area contributed by atoms with Crippen LogP contribution in [0.2, 0.25) is 10.0 Å². The fraction of sp³-hybridized carbons (Fsp3) is 0.417. The number of aromatic nitrogens is 2. The molecule has 0 spiro atoms. The summed E-state index contributed by atoms with van der Waals surface area (Å²) >= 11 is 12.1. The van der Waals surface area contributed by atoms with Crippen molar-refractivity contribution in [1.82, 2.24) is 9.55 Å². The van der Waals surface area contributed by atoms with Crippen LogP contribution in [-0.4, -0.2) is 46.1 Å². The van der Waals surface area contributed by atoms with Crippen LogP contribution >= 0.6 is 23.2 Å². The maximum atomic E-state index is 9.01. The molecule has 0 saturated carbocycles. The zero-order valence-electron chi connectivity index (χ0n) is 10.8. The van der Waals surface area contributed by atoms with E-state index in [1.165, 1.54) is 0 Å². The molecule has 0 unspecified atom stereocenters. The van der Waals surface area contributed by atoms with Crippen molar-refractivity contribution in [1.29, 1.82) is 0 Å². The maximum absolute atomic E-state index is 9.01. The van der Waals surface area contributed by atoms with E-state index in [1.54, 1.807) is 23.7 Å². The van der Waals surface area contributed by atoms with E-state index in [-0.39, 0.29) is 19.9 Å². The van der Waals surface area contributed by atoms with Crippen molar-refractivity contribution in [2.24, 2.45) is 0 Å². The van der Waals surface area contributed by atoms with Gasteiger partial charge < -0.3 is 20.3 Å². The average Bonchev–Trinajstić information content (AvgIpc) is 2.83. The molecule has 0 aliphatic rings. The molecule has 2 aromatic rings. The first-order chi connectivity index (χ1) is 9.62. The lowest BCUT2D eigenvalue weighted by atomic mass is 10.3. The van der Waals surface area contributed by atoms with Gasteiger partial charge in [0.1, 0.15) is 18.4 Å². The fourth-order valence-corrected chi connectivity index (χ4v) is 2.15. The molecular weight excluding hydrogens is 305 g/mol. The fourth-order valence-electron chi connectivity index (χ4n) is 1.80. The molecule has 110 valence electrons. The second-order valence-corrected chi connectivity index (χ2v) is 4.91. The molecule has 1 aromatic carbocycles. The molecule has 0 radical (unpaired) electrons. The van der Waals surface area contributed by atoms with E-state index in [1.807, 2.05) is 0 Å². The molecule has 1 heterocycles. The van der Waals surface area contributed by atoms with E-state index in [2.05, 4.69) is 10.3 Å². The standard InChI is InChI=1S/C12H15Cl2N3O3/c1-15-12-16-11-9(3-2-8(13)10(11)14)17(12)6-20-7(4-18)5-19/h2-3,7,18-19H,4-6H2,1H3,(H,15,16). The molecule has 2 rings (SSSR count). The number of fused-ring (bicyclic) bond motifs is 1. The van der Waals surface area contributed by atoms with Gasteiger partial charge in [-0.15, -0.1) is 0 Å². The molecule has 0 aliphatic heterocycles. The molecule has 0 atom stereocenters. The Morgan fingerprint density at radius 3 is 2.65 bits per heavy atom. The van der Waals surface area contributed by atoms with Crippen LogP contribution < -0.4 is 5.32 Å². The number of rotatable bonds is 6. The van der Waals surface area contributed by atoms with Crippen molar-refractivity contribution in [3.63, 3.8) is 0 Å². The third-order valence-corrected chi connectivity index (χ3v) is 3.68. The Hall–Kier alpha value is -1.05. The lowest BCUT2D eigenvalue weighted by Gasteiger charge is -2.15. The Balaban J connectivity index is 2.38. The van der Waals surface area contributed by atoms with Gasteiger partial charge in [0.2, 0.25) is 5.95 Å². The lowest BCUT2D eigenvalue weighted by molar-refractivity contribution is -0.0480. The zero-order valence-corrected chi connectivity index (χ0v) is 12.3. The van der Waals surface area contributed by atoms with Gasteiger partial charge in [0.15, 0.2) is 0 Å². The van der Waals surface area contributed by atoms with Crippen LogP contribution in [0.15, 0.2) is 12.1 Å². The topological polar surface area (TPSA) is 79.5 Å². The molecule has 0 amide bonds. The number of nitrogens with zero attached hydrogens (tertiary/aromatic N) is 2. The first-order valence-corrected chi connectivity index (χ1v) is 6.73. The predicted octanol–water partition coefficient (Wildman–Crippen LogP) is 1.71. The van der Waals surface area contributed by atoms with Gasteiger partial charge in [0.25, 0.3) is 0 Å². The number of ether oxygens (including phenoxy) is 1. The predicted molar refractivity (Wildman–Crippen MR) is 78.3 cm³/mol. The van der Waals surface area contributed by atoms with Gasteiger partial charge in [0.05, 0.1) is 28.8 Å². The van der Waals surface area contributed by atoms with Crippen molar-refractivity contribution < 1.29 is 14.9 Å². The highest BCUT2D eigenvalue weighted by molar-refractivity contribution is 6.44. The highest BCUT2D eigenvalue weighted by Gasteiger charge is 2.15. The smallest absolute Gasteiger partial charge is 0.205 e. The van der Waals surface area contributed by atoms with Crippen molar-refractivity contribution in [2.45, 2.75) is 12.8 Å². The number of aliphatic hydroxyl groups is 2. The van der Waals surface area contributed by atoms with Gasteiger partial charge in [-0.05, 0) is 12.1 Å². The summed E-state index contributed by atoms with van der Waals surface area (Å²) in [6, 6.07) is 3.47. The summed E-state index contributed by atoms with van der Waals surface area (Å²) in [6.45, 7) is -0.397. The van der Waals surface area contributed by atoms with Gasteiger partial charge >= 0.3 is 0 Å². The molecule has 1 aromatic heterocycles. The molecule has 8 heteroatoms. The first-order valence-electron chi connectivity index (χ1n) is 5.97. The summed E-state index contributed by atoms with van der Waals surface area (Å²) in [7, 11) is 1.72. The average molecular weight is 320 g/mol. The second kappa shape index (κ2) is 6.60. The quantitative estimate of drug-likeness (QED) is 0.755. The van der Waals surface area contributed by atoms with Crippen molar-refractivity contribution in [3.8, 4) is 0 Å². The number of imidazole rings is 1. The Labute approximate surface area is 125 Å². The number of halogens is 2. The lowest BCUT2D eigenvalue weighted by Crippen LogP contribution is -2.23. The Morgan fingerprint density at radius 2 is 2.05 bits per heavy atom. The molecular formula is C12H15Cl2N3O3. The van der Waals surface area contributed by atoms with E-state index in [9.17, 15) is 0 Å². The van der Waals surface area contributed by atoms with E-state index in [0.29, 0.717) is 21.5 Å². The number of hydrogen-bond donors (Lipinski definition) is 3. The zero-order chi connectivity index (χ0) is 14.7. The van der Waals surface area contributed by atoms with Crippen LogP contribution in [0.25, 0.3) is 11.0 Å². The van der Waals surface area contributed by atoms with Crippen LogP contribution in [0.1, 0.15) is 0 Å². The highest BCUT2D eigenvalue weighted by Crippen LogP contribution is 2.32. The van der Waals surface area contributed by atoms with Crippen LogP contribution in [0.3, 0.4) is 0 Å². The van der Waals surface area contributed by atoms with E-state index < -0.39 is 6.10 Å². The molecule has 0 bridgehead atoms. The minimum atomic E-state index is -0.639. The number of nitrogens with one attached hydrogen (secondary N) is 1. The van der Waals surface area contributed by atoms with Crippen LogP contribution in [0, 0.1) is 0 Å². The minimum Gasteiger partial charge on any atom is -0.394 e. The van der Waals surface area contributed by atoms with E-state index in [0.717, 1.165) is 5.52 Å². The second-order valence-electron chi connectivity index (χ2n) is 4.13. The van der Waals surface area contributed by atoms with Crippen molar-refractivity contribution in [3.05, 3.63) is 22.2 Å². The van der Waals surface area contributed by atoms with E-state index >= 15 is 0 Å². The largest absolute Gasteiger partial charge is 0.394 e. The monoisotopic (exact) mass is 319 g/mol. The Bertz CT molecular complexity index is 599. The highest BCUT2D eigenvalue weighted by atomic mass is 35.5. The summed E-state index contributed by atoms with van der Waals surface area (Å²) in [5, 5.41) is 21.8. The molecule has 0 saturated heterocycles. The summed E-state index contributed by atoms with van der Waals surface area (Å²) in [5.74, 6) is 0.554. The number of aliphatic hydroxyl groups excluding tert-OH is 2. The van der Waals surface area contributed by atoms with Crippen molar-refractivity contribution in [2.75, 3.05) is 25.6 Å². The van der Waals surface area contributed by atoms with Crippen LogP contribution in [0.4, 0.5) is 5.95 Å². The Kier molecular flexibility index (Phi) is 5.06. The minimum absolute atomic E-state index is 0.121. The summed E-state index contributed by atoms with van der Waals surface area (Å²) < 4.78 is 7.16. The SMILES string of the molecule is CNc1nc2c(Cl)c(Cl)ccc2n1COC(CO)CO. The Morgan fingerprint density at radius 1 is 1.35 bits per heavy atom. The van der Waals surface area contributed by atoms with Gasteiger partial charge in [-0.1, -0.05) is 23.2 Å². The number of benzene rings is 1. The summed E-state index contributed by atoms with van der Waals surface area (Å²) in [4.78, 5) is 4.35. The summed E-state index contributed by atoms with van der Waals surface area (Å²) in [5.41, 5.74) is 1.31. The first kappa shape index (κ1) is 15.3. The van der Waals surface area contributed by atoms with Gasteiger partial charge in [0, 0.05) is 7.05 Å². The molecule has 6 nitrogen and oxygen atoms in total. The number of hydrogen-bond acceptors (Lipinski definition) is 5. The molecule has 20 heavy (non-hydrogen) atoms. The van der Waals surface area contributed by atoms with Crippen LogP contribution in [-0.2, 0) is 11.5 Å². The van der Waals surface area contributed by atoms with Gasteiger partial charge in [-0.25, -0.2) is 4.98 Å². The third kappa shape index (κ3) is 2.84. The summed E-state index contributed by atoms with van der Waals surface area (Å²) in [6.07, 6.45) is -0.639. The van der Waals surface area contributed by atoms with Crippen LogP contribution in [0.5, 0.6) is 0 Å². The van der Waals surface area contributed by atoms with Crippen molar-refractivity contribution >= 4 is 40.2 Å². The van der Waals surface area contributed by atoms with E-state index in [4.69, 9.17) is 38.2 Å².